The molecule has 0 fully saturated rings. The van der Waals surface area contributed by atoms with Crippen LogP contribution in [0.4, 0.5) is 13.2 Å². The Hall–Kier alpha value is -0.330. The summed E-state index contributed by atoms with van der Waals surface area (Å²) < 4.78 is 39.3. The minimum Gasteiger partial charge on any atom is -0.372 e. The summed E-state index contributed by atoms with van der Waals surface area (Å²) in [5.41, 5.74) is 0. The molecule has 0 amide bonds. The number of halogens is 3. The Balaban J connectivity index is 2.99. The number of hydrogen-bond donors (Lipinski definition) is 2. The second kappa shape index (κ2) is 8.94. The van der Waals surface area contributed by atoms with Gasteiger partial charge in [0.05, 0.1) is 0 Å². The predicted octanol–water partition coefficient (Wildman–Crippen LogP) is 1.15. The predicted molar refractivity (Wildman–Crippen MR) is 52.9 cm³/mol. The fourth-order valence-corrected chi connectivity index (χ4v) is 0.966. The van der Waals surface area contributed by atoms with Crippen molar-refractivity contribution in [3.63, 3.8) is 0 Å². The molecule has 6 heteroatoms. The van der Waals surface area contributed by atoms with Crippen molar-refractivity contribution in [2.75, 3.05) is 39.4 Å². The quantitative estimate of drug-likeness (QED) is 0.581. The Kier molecular flexibility index (Phi) is 8.74. The van der Waals surface area contributed by atoms with Gasteiger partial charge in [-0.25, -0.2) is 0 Å². The highest BCUT2D eigenvalue weighted by Crippen LogP contribution is 2.14. The molecule has 0 saturated heterocycles. The molecule has 0 aromatic rings. The van der Waals surface area contributed by atoms with Gasteiger partial charge in [-0.1, -0.05) is 6.92 Å². The van der Waals surface area contributed by atoms with E-state index in [1.54, 1.807) is 0 Å². The molecule has 0 aliphatic heterocycles. The van der Waals surface area contributed by atoms with Gasteiger partial charge < -0.3 is 15.4 Å². The number of likely N-dealkylation sites (N-methyl/N-ethyl adjacent to an activating group) is 1. The number of alkyl halides is 3. The first kappa shape index (κ1) is 14.7. The summed E-state index contributed by atoms with van der Waals surface area (Å²) in [4.78, 5) is 0. The summed E-state index contributed by atoms with van der Waals surface area (Å²) in [6, 6.07) is 0. The number of ether oxygens (including phenoxy) is 1. The fraction of sp³-hybridized carbons (Fsp3) is 1.00. The van der Waals surface area contributed by atoms with Crippen molar-refractivity contribution in [2.24, 2.45) is 0 Å². The van der Waals surface area contributed by atoms with Crippen molar-refractivity contribution in [3.05, 3.63) is 0 Å². The Morgan fingerprint density at radius 2 is 1.73 bits per heavy atom. The fourth-order valence-electron chi connectivity index (χ4n) is 0.966. The minimum atomic E-state index is -4.21. The molecule has 0 aliphatic rings. The van der Waals surface area contributed by atoms with Gasteiger partial charge in [0.15, 0.2) is 0 Å². The van der Waals surface area contributed by atoms with Gasteiger partial charge in [-0.15, -0.1) is 0 Å². The Labute approximate surface area is 88.4 Å². The summed E-state index contributed by atoms with van der Waals surface area (Å²) >= 11 is 0. The van der Waals surface area contributed by atoms with E-state index in [9.17, 15) is 13.2 Å². The van der Waals surface area contributed by atoms with Gasteiger partial charge >= 0.3 is 6.18 Å². The number of hydrogen-bond acceptors (Lipinski definition) is 3. The molecule has 0 aromatic carbocycles. The van der Waals surface area contributed by atoms with E-state index in [1.807, 2.05) is 6.92 Å². The maximum atomic E-state index is 11.6. The highest BCUT2D eigenvalue weighted by Gasteiger charge is 2.26. The number of nitrogens with one attached hydrogen (secondary N) is 2. The van der Waals surface area contributed by atoms with E-state index in [-0.39, 0.29) is 6.61 Å². The Morgan fingerprint density at radius 3 is 2.33 bits per heavy atom. The molecule has 0 atom stereocenters. The summed E-state index contributed by atoms with van der Waals surface area (Å²) in [5, 5.41) is 6.22. The van der Waals surface area contributed by atoms with Gasteiger partial charge in [-0.2, -0.15) is 13.2 Å². The summed E-state index contributed by atoms with van der Waals surface area (Å²) in [7, 11) is 0. The first-order valence-electron chi connectivity index (χ1n) is 5.12. The lowest BCUT2D eigenvalue weighted by Crippen LogP contribution is -2.28. The zero-order chi connectivity index (χ0) is 11.6. The van der Waals surface area contributed by atoms with Crippen molar-refractivity contribution in [2.45, 2.75) is 19.5 Å². The molecular formula is C9H19F3N2O. The molecule has 0 aromatic heterocycles. The van der Waals surface area contributed by atoms with Crippen LogP contribution in [-0.2, 0) is 4.74 Å². The van der Waals surface area contributed by atoms with Crippen LogP contribution in [0, 0.1) is 0 Å². The molecule has 0 heterocycles. The van der Waals surface area contributed by atoms with E-state index in [4.69, 9.17) is 0 Å². The molecule has 2 N–H and O–H groups in total. The summed E-state index contributed by atoms with van der Waals surface area (Å²) in [6.07, 6.45) is -3.61. The van der Waals surface area contributed by atoms with E-state index in [1.165, 1.54) is 0 Å². The highest BCUT2D eigenvalue weighted by atomic mass is 19.4. The second-order valence-electron chi connectivity index (χ2n) is 3.12. The lowest BCUT2D eigenvalue weighted by Gasteiger charge is -2.08. The summed E-state index contributed by atoms with van der Waals surface area (Å²) in [6.45, 7) is 4.33. The monoisotopic (exact) mass is 228 g/mol. The maximum absolute atomic E-state index is 11.6. The maximum Gasteiger partial charge on any atom is 0.411 e. The van der Waals surface area contributed by atoms with Crippen LogP contribution < -0.4 is 10.6 Å². The first-order chi connectivity index (χ1) is 7.06. The molecular weight excluding hydrogens is 209 g/mol. The zero-order valence-electron chi connectivity index (χ0n) is 8.99. The van der Waals surface area contributed by atoms with Crippen LogP contribution in [0.2, 0.25) is 0 Å². The lowest BCUT2D eigenvalue weighted by molar-refractivity contribution is -0.173. The largest absolute Gasteiger partial charge is 0.411 e. The van der Waals surface area contributed by atoms with E-state index in [2.05, 4.69) is 15.4 Å². The van der Waals surface area contributed by atoms with Crippen LogP contribution in [0.25, 0.3) is 0 Å². The third-order valence-corrected chi connectivity index (χ3v) is 1.64. The van der Waals surface area contributed by atoms with E-state index in [0.717, 1.165) is 19.6 Å². The van der Waals surface area contributed by atoms with Gasteiger partial charge in [0.1, 0.15) is 6.61 Å². The van der Waals surface area contributed by atoms with Gasteiger partial charge in [-0.05, 0) is 19.5 Å². The average Bonchev–Trinajstić information content (AvgIpc) is 2.14. The smallest absolute Gasteiger partial charge is 0.372 e. The standard InChI is InChI=1S/C9H19F3N2O/c1-2-13-5-6-14-4-3-7-15-8-9(10,11)12/h13-14H,2-8H2,1H3. The third kappa shape index (κ3) is 13.7. The van der Waals surface area contributed by atoms with Gasteiger partial charge in [0.2, 0.25) is 0 Å². The molecule has 0 saturated carbocycles. The van der Waals surface area contributed by atoms with Crippen molar-refractivity contribution < 1.29 is 17.9 Å². The average molecular weight is 228 g/mol. The van der Waals surface area contributed by atoms with Crippen LogP contribution in [0.1, 0.15) is 13.3 Å². The molecule has 92 valence electrons. The molecule has 3 nitrogen and oxygen atoms in total. The minimum absolute atomic E-state index is 0.147. The van der Waals surface area contributed by atoms with Crippen molar-refractivity contribution in [3.8, 4) is 0 Å². The van der Waals surface area contributed by atoms with Crippen LogP contribution >= 0.6 is 0 Å². The lowest BCUT2D eigenvalue weighted by atomic mass is 10.4. The molecule has 15 heavy (non-hydrogen) atoms. The first-order valence-corrected chi connectivity index (χ1v) is 5.12. The van der Waals surface area contributed by atoms with Crippen molar-refractivity contribution in [1.29, 1.82) is 0 Å². The molecule has 0 spiro atoms. The highest BCUT2D eigenvalue weighted by molar-refractivity contribution is 4.51. The molecule has 0 aliphatic carbocycles. The van der Waals surface area contributed by atoms with Gasteiger partial charge in [0.25, 0.3) is 0 Å². The van der Waals surface area contributed by atoms with E-state index < -0.39 is 12.8 Å². The molecule has 0 radical (unpaired) electrons. The number of rotatable bonds is 9. The Morgan fingerprint density at radius 1 is 1.07 bits per heavy atom. The van der Waals surface area contributed by atoms with Crippen molar-refractivity contribution >= 4 is 0 Å². The molecule has 0 unspecified atom stereocenters. The van der Waals surface area contributed by atoms with Gasteiger partial charge in [-0.3, -0.25) is 0 Å². The van der Waals surface area contributed by atoms with Crippen LogP contribution in [0.3, 0.4) is 0 Å². The zero-order valence-corrected chi connectivity index (χ0v) is 8.99. The van der Waals surface area contributed by atoms with E-state index >= 15 is 0 Å². The second-order valence-corrected chi connectivity index (χ2v) is 3.12. The van der Waals surface area contributed by atoms with Crippen LogP contribution in [0.15, 0.2) is 0 Å². The van der Waals surface area contributed by atoms with Crippen LogP contribution in [0.5, 0.6) is 0 Å². The van der Waals surface area contributed by atoms with Gasteiger partial charge in [0, 0.05) is 19.7 Å². The Bertz CT molecular complexity index is 142. The van der Waals surface area contributed by atoms with E-state index in [0.29, 0.717) is 13.0 Å². The topological polar surface area (TPSA) is 33.3 Å². The third-order valence-electron chi connectivity index (χ3n) is 1.64. The molecule has 0 rings (SSSR count). The van der Waals surface area contributed by atoms with Crippen molar-refractivity contribution in [1.82, 2.24) is 10.6 Å². The SMILES string of the molecule is CCNCCNCCCOCC(F)(F)F. The normalized spacial score (nSPS) is 12.0. The molecule has 0 bridgehead atoms. The van der Waals surface area contributed by atoms with Crippen LogP contribution in [-0.4, -0.2) is 45.6 Å². The summed E-state index contributed by atoms with van der Waals surface area (Å²) in [5.74, 6) is 0.